The first kappa shape index (κ1) is 13.5. The number of alkyl halides is 2. The van der Waals surface area contributed by atoms with Crippen LogP contribution in [0.5, 0.6) is 0 Å². The molecular weight excluding hydrogens is 275 g/mol. The van der Waals surface area contributed by atoms with Crippen LogP contribution < -0.4 is 5.73 Å². The van der Waals surface area contributed by atoms with Gasteiger partial charge < -0.3 is 5.73 Å². The van der Waals surface area contributed by atoms with E-state index in [-0.39, 0.29) is 10.7 Å². The Bertz CT molecular complexity index is 608. The van der Waals surface area contributed by atoms with Gasteiger partial charge in [0, 0.05) is 0 Å². The molecule has 1 aromatic carbocycles. The molecule has 2 N–H and O–H groups in total. The summed E-state index contributed by atoms with van der Waals surface area (Å²) in [6, 6.07) is 8.12. The molecule has 1 heterocycles. The summed E-state index contributed by atoms with van der Waals surface area (Å²) in [5.41, 5.74) is 5.48. The number of rotatable bonds is 3. The van der Waals surface area contributed by atoms with Crippen molar-refractivity contribution in [3.8, 4) is 0 Å². The zero-order valence-corrected chi connectivity index (χ0v) is 10.7. The molecule has 0 unspecified atom stereocenters. The second-order valence-electron chi connectivity index (χ2n) is 3.82. The first-order chi connectivity index (χ1) is 8.93. The fourth-order valence-electron chi connectivity index (χ4n) is 1.51. The Labute approximate surface area is 111 Å². The standard InChI is InChI=1S/C12H10F3N3S/c1-7(8-5-3-2-4-6-8)9(13)12(14,15)10-17-18-11(16)19-10/h2-6H,1H3,(H2,16,18)/b9-7+. The Kier molecular flexibility index (Phi) is 3.57. The summed E-state index contributed by atoms with van der Waals surface area (Å²) in [6.45, 7) is 1.29. The summed E-state index contributed by atoms with van der Waals surface area (Å²) in [5, 5.41) is 5.60. The van der Waals surface area contributed by atoms with Gasteiger partial charge >= 0.3 is 5.92 Å². The molecular formula is C12H10F3N3S. The lowest BCUT2D eigenvalue weighted by Gasteiger charge is -2.13. The lowest BCUT2D eigenvalue weighted by molar-refractivity contribution is 0.0138. The van der Waals surface area contributed by atoms with Gasteiger partial charge in [0.05, 0.1) is 0 Å². The van der Waals surface area contributed by atoms with Crippen LogP contribution in [0.15, 0.2) is 36.2 Å². The van der Waals surface area contributed by atoms with E-state index in [0.717, 1.165) is 0 Å². The van der Waals surface area contributed by atoms with Gasteiger partial charge in [-0.05, 0) is 18.1 Å². The van der Waals surface area contributed by atoms with Gasteiger partial charge in [-0.1, -0.05) is 41.7 Å². The van der Waals surface area contributed by atoms with Gasteiger partial charge in [0.25, 0.3) is 0 Å². The average molecular weight is 285 g/mol. The molecule has 0 atom stereocenters. The number of allylic oxidation sites excluding steroid dienone is 2. The van der Waals surface area contributed by atoms with Gasteiger partial charge in [-0.3, -0.25) is 0 Å². The van der Waals surface area contributed by atoms with E-state index in [1.807, 2.05) is 0 Å². The highest BCUT2D eigenvalue weighted by molar-refractivity contribution is 7.15. The van der Waals surface area contributed by atoms with Crippen molar-refractivity contribution in [3.05, 3.63) is 46.7 Å². The number of hydrogen-bond acceptors (Lipinski definition) is 4. The molecule has 2 rings (SSSR count). The van der Waals surface area contributed by atoms with Crippen LogP contribution in [0.1, 0.15) is 17.5 Å². The van der Waals surface area contributed by atoms with Crippen molar-refractivity contribution >= 4 is 22.0 Å². The summed E-state index contributed by atoms with van der Waals surface area (Å²) < 4.78 is 41.8. The second-order valence-corrected chi connectivity index (χ2v) is 4.83. The molecule has 19 heavy (non-hydrogen) atoms. The largest absolute Gasteiger partial charge is 0.374 e. The fourth-order valence-corrected chi connectivity index (χ4v) is 2.08. The number of anilines is 1. The van der Waals surface area contributed by atoms with Crippen molar-refractivity contribution < 1.29 is 13.2 Å². The van der Waals surface area contributed by atoms with Crippen molar-refractivity contribution in [2.24, 2.45) is 0 Å². The quantitative estimate of drug-likeness (QED) is 0.937. The molecule has 1 aromatic heterocycles. The van der Waals surface area contributed by atoms with Crippen LogP contribution in [0.2, 0.25) is 0 Å². The minimum absolute atomic E-state index is 0.125. The molecule has 0 saturated heterocycles. The maximum atomic E-state index is 14.0. The molecule has 0 fully saturated rings. The van der Waals surface area contributed by atoms with Crippen LogP contribution in [0.3, 0.4) is 0 Å². The summed E-state index contributed by atoms with van der Waals surface area (Å²) in [4.78, 5) is 0. The Hall–Kier alpha value is -1.89. The third-order valence-electron chi connectivity index (χ3n) is 2.52. The minimum atomic E-state index is -3.82. The first-order valence-corrected chi connectivity index (χ1v) is 6.14. The number of aromatic nitrogens is 2. The van der Waals surface area contributed by atoms with E-state index in [4.69, 9.17) is 5.73 Å². The third-order valence-corrected chi connectivity index (χ3v) is 3.34. The molecule has 2 aromatic rings. The lowest BCUT2D eigenvalue weighted by atomic mass is 10.0. The van der Waals surface area contributed by atoms with Crippen LogP contribution >= 0.6 is 11.3 Å². The predicted octanol–water partition coefficient (Wildman–Crippen LogP) is 3.61. The number of nitrogen functional groups attached to an aromatic ring is 1. The van der Waals surface area contributed by atoms with Crippen molar-refractivity contribution in [1.29, 1.82) is 0 Å². The van der Waals surface area contributed by atoms with Gasteiger partial charge in [-0.15, -0.1) is 10.2 Å². The zero-order chi connectivity index (χ0) is 14.0. The molecule has 0 radical (unpaired) electrons. The van der Waals surface area contributed by atoms with Gasteiger partial charge in [0.1, 0.15) is 0 Å². The molecule has 0 bridgehead atoms. The number of halogens is 3. The van der Waals surface area contributed by atoms with Gasteiger partial charge in [0.15, 0.2) is 10.8 Å². The number of nitrogens with zero attached hydrogens (tertiary/aromatic N) is 2. The summed E-state index contributed by atoms with van der Waals surface area (Å²) in [5.74, 6) is -5.37. The van der Waals surface area contributed by atoms with Crippen LogP contribution in [0, 0.1) is 0 Å². The van der Waals surface area contributed by atoms with Gasteiger partial charge in [-0.2, -0.15) is 8.78 Å². The summed E-state index contributed by atoms with van der Waals surface area (Å²) in [7, 11) is 0. The van der Waals surface area contributed by atoms with Gasteiger partial charge in [-0.25, -0.2) is 4.39 Å². The Balaban J connectivity index is 2.45. The molecule has 0 aliphatic carbocycles. The van der Waals surface area contributed by atoms with Crippen molar-refractivity contribution in [3.63, 3.8) is 0 Å². The highest BCUT2D eigenvalue weighted by Gasteiger charge is 2.42. The van der Waals surface area contributed by atoms with Gasteiger partial charge in [0.2, 0.25) is 5.13 Å². The average Bonchev–Trinajstić information content (AvgIpc) is 2.85. The van der Waals surface area contributed by atoms with E-state index in [9.17, 15) is 13.2 Å². The van der Waals surface area contributed by atoms with Crippen LogP contribution in [-0.2, 0) is 5.92 Å². The molecule has 7 heteroatoms. The topological polar surface area (TPSA) is 51.8 Å². The molecule has 3 nitrogen and oxygen atoms in total. The minimum Gasteiger partial charge on any atom is -0.374 e. The lowest BCUT2D eigenvalue weighted by Crippen LogP contribution is -2.15. The normalized spacial score (nSPS) is 13.3. The Morgan fingerprint density at radius 3 is 2.37 bits per heavy atom. The van der Waals surface area contributed by atoms with E-state index >= 15 is 0 Å². The van der Waals surface area contributed by atoms with Crippen LogP contribution in [-0.4, -0.2) is 10.2 Å². The van der Waals surface area contributed by atoms with Crippen LogP contribution in [0.4, 0.5) is 18.3 Å². The van der Waals surface area contributed by atoms with E-state index < -0.39 is 16.8 Å². The SMILES string of the molecule is C/C(=C(\F)C(F)(F)c1nnc(N)s1)c1ccccc1. The Morgan fingerprint density at radius 2 is 1.84 bits per heavy atom. The van der Waals surface area contributed by atoms with E-state index in [2.05, 4.69) is 10.2 Å². The second kappa shape index (κ2) is 5.00. The number of hydrogen-bond donors (Lipinski definition) is 1. The summed E-state index contributed by atoms with van der Waals surface area (Å²) >= 11 is 0.467. The maximum absolute atomic E-state index is 14.0. The zero-order valence-electron chi connectivity index (χ0n) is 9.90. The highest BCUT2D eigenvalue weighted by atomic mass is 32.1. The fraction of sp³-hybridized carbons (Fsp3) is 0.167. The molecule has 0 aliphatic heterocycles. The van der Waals surface area contributed by atoms with Crippen molar-refractivity contribution in [1.82, 2.24) is 10.2 Å². The van der Waals surface area contributed by atoms with E-state index in [1.165, 1.54) is 6.92 Å². The van der Waals surface area contributed by atoms with E-state index in [1.54, 1.807) is 30.3 Å². The number of nitrogens with two attached hydrogens (primary N) is 1. The van der Waals surface area contributed by atoms with Crippen molar-refractivity contribution in [2.45, 2.75) is 12.8 Å². The number of benzene rings is 1. The predicted molar refractivity (Wildman–Crippen MR) is 68.4 cm³/mol. The molecule has 0 amide bonds. The first-order valence-electron chi connectivity index (χ1n) is 5.32. The smallest absolute Gasteiger partial charge is 0.351 e. The Morgan fingerprint density at radius 1 is 1.21 bits per heavy atom. The third kappa shape index (κ3) is 2.60. The van der Waals surface area contributed by atoms with E-state index in [0.29, 0.717) is 16.9 Å². The van der Waals surface area contributed by atoms with Crippen LogP contribution in [0.25, 0.3) is 5.57 Å². The molecule has 0 spiro atoms. The monoisotopic (exact) mass is 285 g/mol. The highest BCUT2D eigenvalue weighted by Crippen LogP contribution is 2.41. The molecule has 0 aliphatic rings. The molecule has 0 saturated carbocycles. The molecule has 100 valence electrons. The summed E-state index contributed by atoms with van der Waals surface area (Å²) in [6.07, 6.45) is 0. The maximum Gasteiger partial charge on any atom is 0.351 e. The van der Waals surface area contributed by atoms with Crippen molar-refractivity contribution in [2.75, 3.05) is 5.73 Å².